The predicted octanol–water partition coefficient (Wildman–Crippen LogP) is 5.28. The van der Waals surface area contributed by atoms with Crippen LogP contribution < -0.4 is 15.9 Å². The monoisotopic (exact) mass is 533 g/mol. The summed E-state index contributed by atoms with van der Waals surface area (Å²) in [6, 6.07) is 1.28. The van der Waals surface area contributed by atoms with Gasteiger partial charge in [0.1, 0.15) is 11.6 Å². The van der Waals surface area contributed by atoms with Crippen LogP contribution in [0.3, 0.4) is 0 Å². The zero-order valence-electron chi connectivity index (χ0n) is 18.3. The molecule has 15 heteroatoms. The Bertz CT molecular complexity index is 1480. The molecule has 1 N–H and O–H groups in total. The van der Waals surface area contributed by atoms with E-state index in [4.69, 9.17) is 22.9 Å². The zero-order chi connectivity index (χ0) is 26.9. The molecule has 0 unspecified atom stereocenters. The molecule has 0 saturated carbocycles. The number of aromatic nitrogens is 4. The lowest BCUT2D eigenvalue weighted by Gasteiger charge is -2.20. The Hall–Kier alpha value is -3.86. The van der Waals surface area contributed by atoms with Gasteiger partial charge in [-0.25, -0.2) is 32.4 Å². The first-order valence-electron chi connectivity index (χ1n) is 9.77. The number of halogens is 7. The van der Waals surface area contributed by atoms with Crippen molar-refractivity contribution >= 4 is 17.3 Å². The highest BCUT2D eigenvalue weighted by molar-refractivity contribution is 6.34. The molecule has 1 aromatic carbocycles. The Kier molecular flexibility index (Phi) is 7.44. The van der Waals surface area contributed by atoms with Crippen molar-refractivity contribution in [1.29, 1.82) is 0 Å². The van der Waals surface area contributed by atoms with Crippen LogP contribution >= 0.6 is 11.6 Å². The lowest BCUT2D eigenvalue weighted by molar-refractivity contribution is -0.139. The highest BCUT2D eigenvalue weighted by Crippen LogP contribution is 2.43. The number of ether oxygens (including phenoxy) is 1. The SMILES string of the molecule is [C-]#[N+]c1cc(C(F)F)cc(Oc2c(C(F)(F)C(F)F)ncn(Cc3c(C)nc(C)[nH]c3=O)c2=O)c1Cl. The van der Waals surface area contributed by atoms with Gasteiger partial charge in [0.25, 0.3) is 17.5 Å². The van der Waals surface area contributed by atoms with E-state index in [2.05, 4.69) is 19.8 Å². The highest BCUT2D eigenvalue weighted by Gasteiger charge is 2.48. The molecule has 0 aliphatic carbocycles. The van der Waals surface area contributed by atoms with Crippen molar-refractivity contribution in [1.82, 2.24) is 19.5 Å². The van der Waals surface area contributed by atoms with E-state index < -0.39 is 69.9 Å². The molecule has 0 saturated heterocycles. The van der Waals surface area contributed by atoms with Gasteiger partial charge in [-0.1, -0.05) is 11.6 Å². The van der Waals surface area contributed by atoms with Gasteiger partial charge in [-0.2, -0.15) is 8.78 Å². The average Bonchev–Trinajstić information content (AvgIpc) is 2.79. The molecule has 0 aliphatic rings. The average molecular weight is 534 g/mol. The van der Waals surface area contributed by atoms with Crippen LogP contribution in [0, 0.1) is 20.4 Å². The minimum Gasteiger partial charge on any atom is -0.449 e. The van der Waals surface area contributed by atoms with E-state index >= 15 is 0 Å². The van der Waals surface area contributed by atoms with Crippen LogP contribution in [0.15, 0.2) is 28.0 Å². The van der Waals surface area contributed by atoms with Gasteiger partial charge in [-0.15, -0.1) is 0 Å². The van der Waals surface area contributed by atoms with Gasteiger partial charge in [-0.3, -0.25) is 14.2 Å². The second-order valence-electron chi connectivity index (χ2n) is 7.36. The van der Waals surface area contributed by atoms with E-state index in [1.807, 2.05) is 0 Å². The van der Waals surface area contributed by atoms with Crippen molar-refractivity contribution in [3.8, 4) is 11.5 Å². The molecule has 2 heterocycles. The number of nitrogens with zero attached hydrogens (tertiary/aromatic N) is 4. The van der Waals surface area contributed by atoms with Crippen LogP contribution in [0.5, 0.6) is 11.5 Å². The van der Waals surface area contributed by atoms with Gasteiger partial charge < -0.3 is 9.72 Å². The number of aromatic amines is 1. The maximum absolute atomic E-state index is 14.3. The van der Waals surface area contributed by atoms with Crippen LogP contribution in [-0.4, -0.2) is 25.9 Å². The second-order valence-corrected chi connectivity index (χ2v) is 7.74. The van der Waals surface area contributed by atoms with Crippen molar-refractivity contribution in [2.75, 3.05) is 0 Å². The number of rotatable bonds is 7. The van der Waals surface area contributed by atoms with Crippen LogP contribution in [0.1, 0.15) is 34.8 Å². The van der Waals surface area contributed by atoms with Crippen LogP contribution in [0.2, 0.25) is 5.02 Å². The van der Waals surface area contributed by atoms with Crippen LogP contribution in [0.25, 0.3) is 4.85 Å². The molecule has 0 spiro atoms. The molecule has 0 radical (unpaired) electrons. The maximum atomic E-state index is 14.3. The number of aryl methyl sites for hydroxylation is 2. The van der Waals surface area contributed by atoms with Gasteiger partial charge >= 0.3 is 12.3 Å². The largest absolute Gasteiger partial charge is 0.449 e. The number of H-pyrrole nitrogens is 1. The Morgan fingerprint density at radius 2 is 1.89 bits per heavy atom. The maximum Gasteiger partial charge on any atom is 0.352 e. The summed E-state index contributed by atoms with van der Waals surface area (Å²) < 4.78 is 87.1. The van der Waals surface area contributed by atoms with E-state index in [1.165, 1.54) is 13.8 Å². The second kappa shape index (κ2) is 10.0. The molecule has 0 fully saturated rings. The normalized spacial score (nSPS) is 11.7. The topological polar surface area (TPSA) is 94.2 Å². The first-order chi connectivity index (χ1) is 16.8. The van der Waals surface area contributed by atoms with E-state index in [0.29, 0.717) is 23.0 Å². The molecule has 0 amide bonds. The Labute approximate surface area is 203 Å². The van der Waals surface area contributed by atoms with Crippen LogP contribution in [-0.2, 0) is 12.5 Å². The quantitative estimate of drug-likeness (QED) is 0.329. The Morgan fingerprint density at radius 3 is 2.44 bits per heavy atom. The zero-order valence-corrected chi connectivity index (χ0v) is 19.0. The van der Waals surface area contributed by atoms with Crippen molar-refractivity contribution in [2.24, 2.45) is 0 Å². The van der Waals surface area contributed by atoms with Gasteiger partial charge in [0.05, 0.1) is 30.0 Å². The van der Waals surface area contributed by atoms with Gasteiger partial charge in [-0.05, 0) is 26.0 Å². The lowest BCUT2D eigenvalue weighted by Crippen LogP contribution is -2.33. The summed E-state index contributed by atoms with van der Waals surface area (Å²) in [4.78, 5) is 38.0. The van der Waals surface area contributed by atoms with Crippen molar-refractivity contribution in [2.45, 2.75) is 39.2 Å². The summed E-state index contributed by atoms with van der Waals surface area (Å²) in [6.45, 7) is 9.42. The smallest absolute Gasteiger partial charge is 0.352 e. The first kappa shape index (κ1) is 26.7. The number of hydrogen-bond acceptors (Lipinski definition) is 5. The molecule has 3 rings (SSSR count). The lowest BCUT2D eigenvalue weighted by atomic mass is 10.2. The van der Waals surface area contributed by atoms with Crippen LogP contribution in [0.4, 0.5) is 32.0 Å². The summed E-state index contributed by atoms with van der Waals surface area (Å²) in [6.07, 6.45) is -6.97. The Balaban J connectivity index is 2.25. The summed E-state index contributed by atoms with van der Waals surface area (Å²) in [5, 5.41) is -0.634. The summed E-state index contributed by atoms with van der Waals surface area (Å²) in [5.41, 5.74) is -5.18. The molecule has 36 heavy (non-hydrogen) atoms. The molecule has 0 bridgehead atoms. The van der Waals surface area contributed by atoms with Gasteiger partial charge in [0, 0.05) is 11.3 Å². The number of nitrogens with one attached hydrogen (secondary N) is 1. The molecule has 0 atom stereocenters. The van der Waals surface area contributed by atoms with E-state index in [1.54, 1.807) is 0 Å². The van der Waals surface area contributed by atoms with Gasteiger partial charge in [0.2, 0.25) is 11.4 Å². The molecule has 3 aromatic rings. The van der Waals surface area contributed by atoms with Gasteiger partial charge in [0.15, 0.2) is 5.69 Å². The molecular formula is C21H14ClF6N5O3. The predicted molar refractivity (Wildman–Crippen MR) is 115 cm³/mol. The third-order valence-corrected chi connectivity index (χ3v) is 5.26. The third-order valence-electron chi connectivity index (χ3n) is 4.88. The highest BCUT2D eigenvalue weighted by atomic mass is 35.5. The van der Waals surface area contributed by atoms with E-state index in [9.17, 15) is 35.9 Å². The fourth-order valence-corrected chi connectivity index (χ4v) is 3.31. The molecule has 0 aliphatic heterocycles. The number of alkyl halides is 6. The molecule has 8 nitrogen and oxygen atoms in total. The first-order valence-corrected chi connectivity index (χ1v) is 10.1. The van der Waals surface area contributed by atoms with Crippen molar-refractivity contribution in [3.05, 3.63) is 83.9 Å². The minimum absolute atomic E-state index is 0.0724. The van der Waals surface area contributed by atoms with E-state index in [0.717, 1.165) is 0 Å². The van der Waals surface area contributed by atoms with E-state index in [-0.39, 0.29) is 17.1 Å². The summed E-state index contributed by atoms with van der Waals surface area (Å²) in [5.74, 6) is -7.04. The number of hydrogen-bond donors (Lipinski definition) is 1. The van der Waals surface area contributed by atoms with Crippen molar-refractivity contribution < 1.29 is 31.1 Å². The molecule has 2 aromatic heterocycles. The standard InChI is InChI=1S/C21H14ClF6N5O3/c1-8-11(18(34)32-9(2)31-8)6-33-7-30-16(21(27,28)20(25)26)15(19(33)35)36-13-5-10(17(23)24)4-12(29-3)14(13)22/h4-5,7,17,20H,6H2,1-2H3,(H,31,32,34). The number of benzene rings is 1. The summed E-state index contributed by atoms with van der Waals surface area (Å²) in [7, 11) is 0. The molecule has 190 valence electrons. The fourth-order valence-electron chi connectivity index (χ4n) is 3.12. The fraction of sp³-hybridized carbons (Fsp3) is 0.286. The Morgan fingerprint density at radius 1 is 1.22 bits per heavy atom. The minimum atomic E-state index is -5.00. The third kappa shape index (κ3) is 5.06. The molecular weight excluding hydrogens is 520 g/mol. The van der Waals surface area contributed by atoms with Crippen molar-refractivity contribution in [3.63, 3.8) is 0 Å². The summed E-state index contributed by atoms with van der Waals surface area (Å²) >= 11 is 5.94.